The Kier molecular flexibility index (Phi) is 5.76. The summed E-state index contributed by atoms with van der Waals surface area (Å²) in [5.41, 5.74) is 3.38. The van der Waals surface area contributed by atoms with Crippen molar-refractivity contribution in [2.45, 2.75) is 0 Å². The number of aromatic nitrogens is 3. The molecule has 7 nitrogen and oxygen atoms in total. The standard InChI is InChI=1S/C26H18ClN5O2/c27-18-11-9-17(10-12-18)26(34)32-20-8-4-7-19(13-20)31-25-22-21(14-28-24(22)29-15-30-25)23(33)16-5-2-1-3-6-16/h1-15H,(H,32,34)(H2,28,29,30,31). The number of anilines is 3. The van der Waals surface area contributed by atoms with Crippen LogP contribution in [0.3, 0.4) is 0 Å². The maximum absolute atomic E-state index is 13.1. The molecule has 2 heterocycles. The Labute approximate surface area is 199 Å². The van der Waals surface area contributed by atoms with E-state index in [4.69, 9.17) is 11.6 Å². The summed E-state index contributed by atoms with van der Waals surface area (Å²) in [6.45, 7) is 0. The van der Waals surface area contributed by atoms with Crippen LogP contribution in [-0.2, 0) is 0 Å². The zero-order valence-electron chi connectivity index (χ0n) is 17.7. The average molecular weight is 468 g/mol. The third-order valence-electron chi connectivity index (χ3n) is 5.24. The van der Waals surface area contributed by atoms with Gasteiger partial charge in [0.05, 0.1) is 10.9 Å². The molecule has 0 saturated carbocycles. The summed E-state index contributed by atoms with van der Waals surface area (Å²) in [5.74, 6) is 0.0972. The van der Waals surface area contributed by atoms with E-state index in [1.807, 2.05) is 30.3 Å². The van der Waals surface area contributed by atoms with Gasteiger partial charge in [0.15, 0.2) is 5.78 Å². The van der Waals surface area contributed by atoms with Crippen molar-refractivity contribution in [3.05, 3.63) is 113 Å². The number of hydrogen-bond donors (Lipinski definition) is 3. The molecule has 0 bridgehead atoms. The minimum atomic E-state index is -0.250. The van der Waals surface area contributed by atoms with Crippen molar-refractivity contribution in [3.8, 4) is 0 Å². The molecule has 0 atom stereocenters. The number of ketones is 1. The minimum absolute atomic E-state index is 0.131. The van der Waals surface area contributed by atoms with Gasteiger partial charge in [-0.2, -0.15) is 0 Å². The van der Waals surface area contributed by atoms with Crippen LogP contribution < -0.4 is 10.6 Å². The molecule has 34 heavy (non-hydrogen) atoms. The lowest BCUT2D eigenvalue weighted by molar-refractivity contribution is 0.102. The van der Waals surface area contributed by atoms with Gasteiger partial charge in [-0.1, -0.05) is 48.0 Å². The number of halogens is 1. The first-order valence-electron chi connectivity index (χ1n) is 10.4. The Morgan fingerprint density at radius 3 is 2.38 bits per heavy atom. The van der Waals surface area contributed by atoms with Gasteiger partial charge in [0, 0.05) is 33.7 Å². The summed E-state index contributed by atoms with van der Waals surface area (Å²) in [5, 5.41) is 7.27. The Hall–Kier alpha value is -4.49. The zero-order valence-corrected chi connectivity index (χ0v) is 18.5. The fourth-order valence-electron chi connectivity index (χ4n) is 3.60. The van der Waals surface area contributed by atoms with Crippen molar-refractivity contribution in [1.82, 2.24) is 15.0 Å². The lowest BCUT2D eigenvalue weighted by Crippen LogP contribution is -2.11. The number of nitrogens with zero attached hydrogens (tertiary/aromatic N) is 2. The van der Waals surface area contributed by atoms with E-state index in [0.29, 0.717) is 49.9 Å². The molecule has 166 valence electrons. The molecular formula is C26H18ClN5O2. The summed E-state index contributed by atoms with van der Waals surface area (Å²) < 4.78 is 0. The highest BCUT2D eigenvalue weighted by molar-refractivity contribution is 6.30. The maximum Gasteiger partial charge on any atom is 0.255 e. The smallest absolute Gasteiger partial charge is 0.255 e. The monoisotopic (exact) mass is 467 g/mol. The molecule has 0 spiro atoms. The summed E-state index contributed by atoms with van der Waals surface area (Å²) in [4.78, 5) is 37.3. The summed E-state index contributed by atoms with van der Waals surface area (Å²) in [6, 6.07) is 22.9. The highest BCUT2D eigenvalue weighted by atomic mass is 35.5. The number of fused-ring (bicyclic) bond motifs is 1. The number of carbonyl (C=O) groups excluding carboxylic acids is 2. The second-order valence-corrected chi connectivity index (χ2v) is 7.95. The van der Waals surface area contributed by atoms with Crippen LogP contribution in [0.2, 0.25) is 5.02 Å². The molecule has 0 aliphatic carbocycles. The number of nitrogens with one attached hydrogen (secondary N) is 3. The van der Waals surface area contributed by atoms with Crippen LogP contribution in [0.25, 0.3) is 11.0 Å². The molecule has 8 heteroatoms. The molecule has 0 fully saturated rings. The van der Waals surface area contributed by atoms with Gasteiger partial charge in [-0.3, -0.25) is 9.59 Å². The van der Waals surface area contributed by atoms with Crippen molar-refractivity contribution >= 4 is 51.5 Å². The zero-order chi connectivity index (χ0) is 23.5. The van der Waals surface area contributed by atoms with Gasteiger partial charge in [-0.25, -0.2) is 9.97 Å². The molecule has 0 aliphatic rings. The molecule has 0 radical (unpaired) electrons. The van der Waals surface area contributed by atoms with Gasteiger partial charge >= 0.3 is 0 Å². The fourth-order valence-corrected chi connectivity index (χ4v) is 3.72. The van der Waals surface area contributed by atoms with Gasteiger partial charge in [0.1, 0.15) is 17.8 Å². The van der Waals surface area contributed by atoms with Crippen LogP contribution in [0.15, 0.2) is 91.4 Å². The van der Waals surface area contributed by atoms with Gasteiger partial charge in [-0.05, 0) is 42.5 Å². The molecule has 0 saturated heterocycles. The summed E-state index contributed by atoms with van der Waals surface area (Å²) >= 11 is 5.90. The van der Waals surface area contributed by atoms with Crippen LogP contribution in [0, 0.1) is 0 Å². The summed E-state index contributed by atoms with van der Waals surface area (Å²) in [7, 11) is 0. The number of carbonyl (C=O) groups is 2. The van der Waals surface area contributed by atoms with Crippen molar-refractivity contribution in [3.63, 3.8) is 0 Å². The van der Waals surface area contributed by atoms with E-state index in [1.54, 1.807) is 54.7 Å². The molecule has 5 aromatic rings. The topological polar surface area (TPSA) is 99.8 Å². The third kappa shape index (κ3) is 4.37. The van der Waals surface area contributed by atoms with Crippen LogP contribution in [0.4, 0.5) is 17.2 Å². The van der Waals surface area contributed by atoms with Gasteiger partial charge in [0.25, 0.3) is 5.91 Å². The van der Waals surface area contributed by atoms with Gasteiger partial charge < -0.3 is 15.6 Å². The second-order valence-electron chi connectivity index (χ2n) is 7.51. The molecule has 5 rings (SSSR count). The lowest BCUT2D eigenvalue weighted by atomic mass is 10.0. The van der Waals surface area contributed by atoms with E-state index in [9.17, 15) is 9.59 Å². The quantitative estimate of drug-likeness (QED) is 0.272. The Morgan fingerprint density at radius 2 is 1.59 bits per heavy atom. The van der Waals surface area contributed by atoms with Crippen molar-refractivity contribution in [1.29, 1.82) is 0 Å². The van der Waals surface area contributed by atoms with Crippen molar-refractivity contribution in [2.24, 2.45) is 0 Å². The molecule has 2 aromatic heterocycles. The van der Waals surface area contributed by atoms with E-state index in [1.165, 1.54) is 6.33 Å². The maximum atomic E-state index is 13.1. The summed E-state index contributed by atoms with van der Waals surface area (Å²) in [6.07, 6.45) is 3.06. The number of amides is 1. The van der Waals surface area contributed by atoms with Crippen LogP contribution in [0.1, 0.15) is 26.3 Å². The number of hydrogen-bond acceptors (Lipinski definition) is 5. The van der Waals surface area contributed by atoms with E-state index in [-0.39, 0.29) is 11.7 Å². The van der Waals surface area contributed by atoms with Gasteiger partial charge in [0.2, 0.25) is 0 Å². The normalized spacial score (nSPS) is 10.7. The molecule has 3 N–H and O–H groups in total. The second kappa shape index (κ2) is 9.17. The molecule has 0 unspecified atom stereocenters. The first-order chi connectivity index (χ1) is 16.6. The number of aromatic amines is 1. The number of H-pyrrole nitrogens is 1. The molecule has 0 aliphatic heterocycles. The largest absolute Gasteiger partial charge is 0.345 e. The highest BCUT2D eigenvalue weighted by Gasteiger charge is 2.18. The van der Waals surface area contributed by atoms with Crippen LogP contribution in [-0.4, -0.2) is 26.6 Å². The average Bonchev–Trinajstić information content (AvgIpc) is 3.30. The number of benzene rings is 3. The van der Waals surface area contributed by atoms with Crippen LogP contribution >= 0.6 is 11.6 Å². The molecular weight excluding hydrogens is 450 g/mol. The highest BCUT2D eigenvalue weighted by Crippen LogP contribution is 2.28. The van der Waals surface area contributed by atoms with E-state index < -0.39 is 0 Å². The van der Waals surface area contributed by atoms with Crippen molar-refractivity contribution < 1.29 is 9.59 Å². The van der Waals surface area contributed by atoms with Crippen molar-refractivity contribution in [2.75, 3.05) is 10.6 Å². The first kappa shape index (κ1) is 21.4. The Bertz CT molecular complexity index is 1500. The van der Waals surface area contributed by atoms with Crippen LogP contribution in [0.5, 0.6) is 0 Å². The van der Waals surface area contributed by atoms with E-state index in [0.717, 1.165) is 0 Å². The van der Waals surface area contributed by atoms with E-state index in [2.05, 4.69) is 25.6 Å². The SMILES string of the molecule is O=C(Nc1cccc(Nc2ncnc3[nH]cc(C(=O)c4ccccc4)c23)c1)c1ccc(Cl)cc1. The van der Waals surface area contributed by atoms with E-state index >= 15 is 0 Å². The fraction of sp³-hybridized carbons (Fsp3) is 0. The van der Waals surface area contributed by atoms with Gasteiger partial charge in [-0.15, -0.1) is 0 Å². The number of rotatable bonds is 6. The lowest BCUT2D eigenvalue weighted by Gasteiger charge is -2.11. The Balaban J connectivity index is 1.42. The Morgan fingerprint density at radius 1 is 0.824 bits per heavy atom. The first-order valence-corrected chi connectivity index (χ1v) is 10.8. The predicted octanol–water partition coefficient (Wildman–Crippen LogP) is 5.84. The molecule has 1 amide bonds. The third-order valence-corrected chi connectivity index (χ3v) is 5.49. The minimum Gasteiger partial charge on any atom is -0.345 e. The molecule has 3 aromatic carbocycles. The predicted molar refractivity (Wildman–Crippen MR) is 133 cm³/mol.